The molecule has 0 fully saturated rings. The lowest BCUT2D eigenvalue weighted by Gasteiger charge is -2.06. The number of nitrogens with zero attached hydrogens (tertiary/aromatic N) is 3. The van der Waals surface area contributed by atoms with Crippen LogP contribution in [0.3, 0.4) is 0 Å². The standard InChI is InChI=1S/C10H9FN4O/c11-7-3-4-9(13-6-7)15-5-1-2-8(15)10(12)14-16/h1-6,16H,(H2,12,14). The molecule has 0 aliphatic heterocycles. The number of hydrogen-bond acceptors (Lipinski definition) is 3. The molecule has 0 bridgehead atoms. The first-order chi connectivity index (χ1) is 7.72. The fourth-order valence-corrected chi connectivity index (χ4v) is 1.35. The largest absolute Gasteiger partial charge is 0.409 e. The van der Waals surface area contributed by atoms with Gasteiger partial charge in [0, 0.05) is 6.20 Å². The van der Waals surface area contributed by atoms with Gasteiger partial charge in [0.15, 0.2) is 5.84 Å². The molecule has 82 valence electrons. The Balaban J connectivity index is 2.49. The highest BCUT2D eigenvalue weighted by atomic mass is 19.1. The van der Waals surface area contributed by atoms with Crippen LogP contribution >= 0.6 is 0 Å². The predicted octanol–water partition coefficient (Wildman–Crippen LogP) is 1.11. The Morgan fingerprint density at radius 1 is 1.44 bits per heavy atom. The van der Waals surface area contributed by atoms with Gasteiger partial charge in [-0.05, 0) is 24.3 Å². The number of halogens is 1. The molecule has 16 heavy (non-hydrogen) atoms. The van der Waals surface area contributed by atoms with Gasteiger partial charge < -0.3 is 10.9 Å². The van der Waals surface area contributed by atoms with Crippen molar-refractivity contribution in [3.8, 4) is 5.82 Å². The second kappa shape index (κ2) is 4.01. The molecule has 0 radical (unpaired) electrons. The summed E-state index contributed by atoms with van der Waals surface area (Å²) in [6.45, 7) is 0. The molecule has 0 atom stereocenters. The molecule has 0 aliphatic rings. The number of nitrogens with two attached hydrogens (primary N) is 1. The SMILES string of the molecule is N/C(=N/O)c1cccn1-c1ccc(F)cn1. The van der Waals surface area contributed by atoms with E-state index in [4.69, 9.17) is 10.9 Å². The number of aromatic nitrogens is 2. The van der Waals surface area contributed by atoms with Gasteiger partial charge in [0.1, 0.15) is 11.6 Å². The van der Waals surface area contributed by atoms with Gasteiger partial charge in [-0.3, -0.25) is 4.57 Å². The number of oxime groups is 1. The van der Waals surface area contributed by atoms with E-state index < -0.39 is 5.82 Å². The molecule has 0 spiro atoms. The van der Waals surface area contributed by atoms with Crippen molar-refractivity contribution >= 4 is 5.84 Å². The van der Waals surface area contributed by atoms with Crippen LogP contribution < -0.4 is 5.73 Å². The fraction of sp³-hybridized carbons (Fsp3) is 0. The Morgan fingerprint density at radius 3 is 2.88 bits per heavy atom. The van der Waals surface area contributed by atoms with E-state index in [1.54, 1.807) is 22.9 Å². The highest BCUT2D eigenvalue weighted by Crippen LogP contribution is 2.10. The maximum Gasteiger partial charge on any atom is 0.187 e. The van der Waals surface area contributed by atoms with Crippen molar-refractivity contribution in [3.63, 3.8) is 0 Å². The molecular formula is C10H9FN4O. The third-order valence-electron chi connectivity index (χ3n) is 2.08. The topological polar surface area (TPSA) is 76.4 Å². The fourth-order valence-electron chi connectivity index (χ4n) is 1.35. The van der Waals surface area contributed by atoms with Crippen molar-refractivity contribution in [1.82, 2.24) is 9.55 Å². The smallest absolute Gasteiger partial charge is 0.187 e. The molecule has 3 N–H and O–H groups in total. The van der Waals surface area contributed by atoms with Gasteiger partial charge in [0.2, 0.25) is 0 Å². The van der Waals surface area contributed by atoms with Crippen LogP contribution in [-0.2, 0) is 0 Å². The first-order valence-electron chi connectivity index (χ1n) is 4.49. The van der Waals surface area contributed by atoms with E-state index in [0.29, 0.717) is 11.5 Å². The third-order valence-corrected chi connectivity index (χ3v) is 2.08. The van der Waals surface area contributed by atoms with Crippen molar-refractivity contribution in [3.05, 3.63) is 48.2 Å². The molecule has 0 saturated carbocycles. The van der Waals surface area contributed by atoms with E-state index in [0.717, 1.165) is 6.20 Å². The summed E-state index contributed by atoms with van der Waals surface area (Å²) in [5.74, 6) is 0.0466. The summed E-state index contributed by atoms with van der Waals surface area (Å²) in [5.41, 5.74) is 5.97. The number of amidine groups is 1. The Bertz CT molecular complexity index is 518. The molecule has 0 aromatic carbocycles. The molecule has 0 aliphatic carbocycles. The van der Waals surface area contributed by atoms with E-state index in [-0.39, 0.29) is 5.84 Å². The second-order valence-corrected chi connectivity index (χ2v) is 3.08. The number of rotatable bonds is 2. The van der Waals surface area contributed by atoms with E-state index in [9.17, 15) is 4.39 Å². The highest BCUT2D eigenvalue weighted by molar-refractivity contribution is 5.96. The summed E-state index contributed by atoms with van der Waals surface area (Å²) < 4.78 is 14.3. The summed E-state index contributed by atoms with van der Waals surface area (Å²) in [6.07, 6.45) is 2.79. The molecular weight excluding hydrogens is 211 g/mol. The second-order valence-electron chi connectivity index (χ2n) is 3.08. The van der Waals surface area contributed by atoms with Crippen LogP contribution in [-0.4, -0.2) is 20.6 Å². The van der Waals surface area contributed by atoms with Crippen LogP contribution in [0.1, 0.15) is 5.69 Å². The molecule has 0 saturated heterocycles. The molecule has 2 heterocycles. The van der Waals surface area contributed by atoms with Crippen molar-refractivity contribution in [2.24, 2.45) is 10.9 Å². The van der Waals surface area contributed by atoms with E-state index in [2.05, 4.69) is 10.1 Å². The lowest BCUT2D eigenvalue weighted by molar-refractivity contribution is 0.318. The first kappa shape index (κ1) is 10.2. The van der Waals surface area contributed by atoms with Crippen LogP contribution in [0.5, 0.6) is 0 Å². The van der Waals surface area contributed by atoms with Crippen molar-refractivity contribution in [1.29, 1.82) is 0 Å². The molecule has 6 heteroatoms. The van der Waals surface area contributed by atoms with Crippen molar-refractivity contribution in [2.75, 3.05) is 0 Å². The Kier molecular flexibility index (Phi) is 2.55. The van der Waals surface area contributed by atoms with Crippen LogP contribution in [0.4, 0.5) is 4.39 Å². The van der Waals surface area contributed by atoms with Gasteiger partial charge in [-0.15, -0.1) is 0 Å². The molecule has 0 amide bonds. The molecule has 0 unspecified atom stereocenters. The molecule has 5 nitrogen and oxygen atoms in total. The first-order valence-corrected chi connectivity index (χ1v) is 4.49. The Hall–Kier alpha value is -2.37. The van der Waals surface area contributed by atoms with Gasteiger partial charge in [-0.25, -0.2) is 9.37 Å². The minimum Gasteiger partial charge on any atom is -0.409 e. The average molecular weight is 220 g/mol. The lowest BCUT2D eigenvalue weighted by Crippen LogP contribution is -2.17. The minimum atomic E-state index is -0.416. The minimum absolute atomic E-state index is 0.0314. The van der Waals surface area contributed by atoms with Gasteiger partial charge in [-0.1, -0.05) is 5.16 Å². The Morgan fingerprint density at radius 2 is 2.25 bits per heavy atom. The number of hydrogen-bond donors (Lipinski definition) is 2. The normalized spacial score (nSPS) is 11.7. The summed E-state index contributed by atoms with van der Waals surface area (Å²) in [7, 11) is 0. The Labute approximate surface area is 90.6 Å². The summed E-state index contributed by atoms with van der Waals surface area (Å²) in [6, 6.07) is 6.18. The maximum absolute atomic E-state index is 12.7. The van der Waals surface area contributed by atoms with Gasteiger partial charge in [0.25, 0.3) is 0 Å². The zero-order valence-corrected chi connectivity index (χ0v) is 8.21. The van der Waals surface area contributed by atoms with Gasteiger partial charge >= 0.3 is 0 Å². The number of pyridine rings is 1. The van der Waals surface area contributed by atoms with E-state index in [1.165, 1.54) is 12.1 Å². The van der Waals surface area contributed by atoms with Crippen LogP contribution in [0.25, 0.3) is 5.82 Å². The summed E-state index contributed by atoms with van der Waals surface area (Å²) in [5, 5.41) is 11.5. The zero-order chi connectivity index (χ0) is 11.5. The van der Waals surface area contributed by atoms with E-state index in [1.807, 2.05) is 0 Å². The highest BCUT2D eigenvalue weighted by Gasteiger charge is 2.08. The summed E-state index contributed by atoms with van der Waals surface area (Å²) >= 11 is 0. The van der Waals surface area contributed by atoms with E-state index >= 15 is 0 Å². The molecule has 2 aromatic rings. The third kappa shape index (κ3) is 1.72. The van der Waals surface area contributed by atoms with Gasteiger partial charge in [0.05, 0.1) is 11.9 Å². The average Bonchev–Trinajstić information content (AvgIpc) is 2.78. The molecule has 2 rings (SSSR count). The van der Waals surface area contributed by atoms with Crippen LogP contribution in [0.2, 0.25) is 0 Å². The summed E-state index contributed by atoms with van der Waals surface area (Å²) in [4.78, 5) is 3.89. The lowest BCUT2D eigenvalue weighted by atomic mass is 10.4. The zero-order valence-electron chi connectivity index (χ0n) is 8.21. The molecule has 2 aromatic heterocycles. The predicted molar refractivity (Wildman–Crippen MR) is 56.0 cm³/mol. The van der Waals surface area contributed by atoms with Crippen molar-refractivity contribution < 1.29 is 9.60 Å². The quantitative estimate of drug-likeness (QED) is 0.344. The van der Waals surface area contributed by atoms with Crippen LogP contribution in [0, 0.1) is 5.82 Å². The maximum atomic E-state index is 12.7. The van der Waals surface area contributed by atoms with Crippen LogP contribution in [0.15, 0.2) is 41.8 Å². The monoisotopic (exact) mass is 220 g/mol. The van der Waals surface area contributed by atoms with Crippen molar-refractivity contribution in [2.45, 2.75) is 0 Å². The van der Waals surface area contributed by atoms with Gasteiger partial charge in [-0.2, -0.15) is 0 Å².